The number of carbonyl (C=O) groups excluding carboxylic acids is 1. The summed E-state index contributed by atoms with van der Waals surface area (Å²) in [6, 6.07) is 0. The molecule has 1 aliphatic rings. The number of amides is 1. The monoisotopic (exact) mass is 310 g/mol. The molecule has 0 aromatic heterocycles. The lowest BCUT2D eigenvalue weighted by Crippen LogP contribution is -2.43. The topological polar surface area (TPSA) is 69.6 Å². The maximum absolute atomic E-state index is 12.4. The maximum atomic E-state index is 12.4. The molecule has 1 fully saturated rings. The molecule has 1 saturated heterocycles. The van der Waals surface area contributed by atoms with Crippen molar-refractivity contribution in [2.45, 2.75) is 32.4 Å². The molecule has 1 heterocycles. The number of hydrogen-bond acceptors (Lipinski definition) is 3. The van der Waals surface area contributed by atoms with Crippen molar-refractivity contribution < 1.29 is 27.9 Å². The summed E-state index contributed by atoms with van der Waals surface area (Å²) in [5.41, 5.74) is 0. The van der Waals surface area contributed by atoms with Crippen LogP contribution in [0.3, 0.4) is 0 Å². The minimum absolute atomic E-state index is 0.0598. The van der Waals surface area contributed by atoms with E-state index in [9.17, 15) is 22.8 Å². The molecule has 122 valence electrons. The lowest BCUT2D eigenvalue weighted by Gasteiger charge is -2.30. The van der Waals surface area contributed by atoms with Gasteiger partial charge in [0.05, 0.1) is 0 Å². The van der Waals surface area contributed by atoms with Crippen molar-refractivity contribution in [3.8, 4) is 0 Å². The summed E-state index contributed by atoms with van der Waals surface area (Å²) in [5.74, 6) is -2.04. The summed E-state index contributed by atoms with van der Waals surface area (Å²) in [6.07, 6.45) is -2.75. The molecule has 1 amide bonds. The lowest BCUT2D eigenvalue weighted by molar-refractivity contribution is -0.166. The van der Waals surface area contributed by atoms with E-state index in [1.165, 1.54) is 0 Å². The van der Waals surface area contributed by atoms with Crippen LogP contribution in [-0.4, -0.2) is 54.2 Å². The van der Waals surface area contributed by atoms with Crippen LogP contribution in [0.5, 0.6) is 0 Å². The molecule has 0 bridgehead atoms. The Kier molecular flexibility index (Phi) is 6.44. The molecular formula is C13H21F3N2O3. The molecule has 21 heavy (non-hydrogen) atoms. The summed E-state index contributed by atoms with van der Waals surface area (Å²) < 4.78 is 37.2. The zero-order chi connectivity index (χ0) is 16.0. The SMILES string of the molecule is CC(CC(=O)N(CC(=O)O)CC(F)(F)F)C1CCCNC1. The highest BCUT2D eigenvalue weighted by molar-refractivity contribution is 5.81. The molecule has 8 heteroatoms. The van der Waals surface area contributed by atoms with Crippen LogP contribution in [0, 0.1) is 11.8 Å². The fraction of sp³-hybridized carbons (Fsp3) is 0.846. The third-order valence-electron chi connectivity index (χ3n) is 3.69. The number of nitrogens with zero attached hydrogens (tertiary/aromatic N) is 1. The van der Waals surface area contributed by atoms with Gasteiger partial charge in [0, 0.05) is 6.42 Å². The Hall–Kier alpha value is -1.31. The summed E-state index contributed by atoms with van der Waals surface area (Å²) in [7, 11) is 0. The normalized spacial score (nSPS) is 20.9. The number of alkyl halides is 3. The van der Waals surface area contributed by atoms with E-state index in [1.807, 2.05) is 6.92 Å². The van der Waals surface area contributed by atoms with Gasteiger partial charge in [-0.25, -0.2) is 0 Å². The molecule has 0 spiro atoms. The molecular weight excluding hydrogens is 289 g/mol. The number of nitrogens with one attached hydrogen (secondary N) is 1. The number of carboxylic acids is 1. The van der Waals surface area contributed by atoms with Gasteiger partial charge in [-0.15, -0.1) is 0 Å². The van der Waals surface area contributed by atoms with Crippen molar-refractivity contribution in [2.24, 2.45) is 11.8 Å². The van der Waals surface area contributed by atoms with Crippen LogP contribution in [0.4, 0.5) is 13.2 Å². The van der Waals surface area contributed by atoms with E-state index in [0.29, 0.717) is 4.90 Å². The number of carbonyl (C=O) groups is 2. The van der Waals surface area contributed by atoms with Gasteiger partial charge in [-0.3, -0.25) is 9.59 Å². The zero-order valence-electron chi connectivity index (χ0n) is 11.9. The second-order valence-electron chi connectivity index (χ2n) is 5.55. The number of rotatable bonds is 6. The van der Waals surface area contributed by atoms with Gasteiger partial charge in [0.1, 0.15) is 13.1 Å². The summed E-state index contributed by atoms with van der Waals surface area (Å²) >= 11 is 0. The summed E-state index contributed by atoms with van der Waals surface area (Å²) in [4.78, 5) is 22.9. The molecule has 2 unspecified atom stereocenters. The van der Waals surface area contributed by atoms with Gasteiger partial charge in [-0.05, 0) is 37.8 Å². The Balaban J connectivity index is 2.59. The number of piperidine rings is 1. The summed E-state index contributed by atoms with van der Waals surface area (Å²) in [6.45, 7) is 1.03. The van der Waals surface area contributed by atoms with Crippen molar-refractivity contribution in [3.63, 3.8) is 0 Å². The minimum Gasteiger partial charge on any atom is -0.480 e. The van der Waals surface area contributed by atoms with Crippen molar-refractivity contribution >= 4 is 11.9 Å². The summed E-state index contributed by atoms with van der Waals surface area (Å²) in [5, 5.41) is 11.8. The van der Waals surface area contributed by atoms with Gasteiger partial charge >= 0.3 is 12.1 Å². The first-order chi connectivity index (χ1) is 9.69. The predicted molar refractivity (Wildman–Crippen MR) is 69.6 cm³/mol. The van der Waals surface area contributed by atoms with Gasteiger partial charge in [-0.2, -0.15) is 13.2 Å². The molecule has 0 aliphatic carbocycles. The molecule has 1 rings (SSSR count). The average molecular weight is 310 g/mol. The molecule has 5 nitrogen and oxygen atoms in total. The number of hydrogen-bond donors (Lipinski definition) is 2. The highest BCUT2D eigenvalue weighted by atomic mass is 19.4. The van der Waals surface area contributed by atoms with Gasteiger partial charge < -0.3 is 15.3 Å². The van der Waals surface area contributed by atoms with E-state index in [2.05, 4.69) is 5.32 Å². The molecule has 0 radical (unpaired) electrons. The van der Waals surface area contributed by atoms with Crippen LogP contribution in [-0.2, 0) is 9.59 Å². The molecule has 0 aromatic rings. The maximum Gasteiger partial charge on any atom is 0.406 e. The van der Waals surface area contributed by atoms with Crippen molar-refractivity contribution in [2.75, 3.05) is 26.2 Å². The first kappa shape index (κ1) is 17.7. The Morgan fingerprint density at radius 3 is 2.57 bits per heavy atom. The van der Waals surface area contributed by atoms with Crippen molar-refractivity contribution in [3.05, 3.63) is 0 Å². The van der Waals surface area contributed by atoms with Crippen LogP contribution >= 0.6 is 0 Å². The second kappa shape index (κ2) is 7.63. The van der Waals surface area contributed by atoms with Crippen LogP contribution in [0.1, 0.15) is 26.2 Å². The van der Waals surface area contributed by atoms with E-state index in [4.69, 9.17) is 5.11 Å². The predicted octanol–water partition coefficient (Wildman–Crippen LogP) is 1.49. The average Bonchev–Trinajstić information content (AvgIpc) is 2.36. The van der Waals surface area contributed by atoms with E-state index in [0.717, 1.165) is 25.9 Å². The highest BCUT2D eigenvalue weighted by Gasteiger charge is 2.34. The van der Waals surface area contributed by atoms with Crippen molar-refractivity contribution in [1.29, 1.82) is 0 Å². The van der Waals surface area contributed by atoms with Crippen LogP contribution in [0.25, 0.3) is 0 Å². The zero-order valence-corrected chi connectivity index (χ0v) is 11.9. The fourth-order valence-corrected chi connectivity index (χ4v) is 2.55. The minimum atomic E-state index is -4.60. The van der Waals surface area contributed by atoms with Crippen molar-refractivity contribution in [1.82, 2.24) is 10.2 Å². The first-order valence-corrected chi connectivity index (χ1v) is 6.96. The van der Waals surface area contributed by atoms with E-state index < -0.39 is 31.1 Å². The highest BCUT2D eigenvalue weighted by Crippen LogP contribution is 2.24. The fourth-order valence-electron chi connectivity index (χ4n) is 2.55. The number of halogens is 3. The van der Waals surface area contributed by atoms with E-state index >= 15 is 0 Å². The largest absolute Gasteiger partial charge is 0.480 e. The third kappa shape index (κ3) is 6.79. The Labute approximate surface area is 121 Å². The van der Waals surface area contributed by atoms with E-state index in [-0.39, 0.29) is 18.3 Å². The Bertz CT molecular complexity index is 368. The second-order valence-corrected chi connectivity index (χ2v) is 5.55. The molecule has 0 aromatic carbocycles. The molecule has 1 aliphatic heterocycles. The number of aliphatic carboxylic acids is 1. The van der Waals surface area contributed by atoms with Crippen LogP contribution < -0.4 is 5.32 Å². The molecule has 2 atom stereocenters. The van der Waals surface area contributed by atoms with Crippen LogP contribution in [0.2, 0.25) is 0 Å². The van der Waals surface area contributed by atoms with Crippen LogP contribution in [0.15, 0.2) is 0 Å². The smallest absolute Gasteiger partial charge is 0.406 e. The van der Waals surface area contributed by atoms with E-state index in [1.54, 1.807) is 0 Å². The van der Waals surface area contributed by atoms with Gasteiger partial charge in [-0.1, -0.05) is 6.92 Å². The standard InChI is InChI=1S/C13H21F3N2O3/c1-9(10-3-2-4-17-6-10)5-11(19)18(7-12(20)21)8-13(14,15)16/h9-10,17H,2-8H2,1H3,(H,20,21). The van der Waals surface area contributed by atoms with Gasteiger partial charge in [0.2, 0.25) is 5.91 Å². The van der Waals surface area contributed by atoms with Gasteiger partial charge in [0.25, 0.3) is 0 Å². The number of carboxylic acid groups (broad SMARTS) is 1. The van der Waals surface area contributed by atoms with Gasteiger partial charge in [0.15, 0.2) is 0 Å². The third-order valence-corrected chi connectivity index (χ3v) is 3.69. The first-order valence-electron chi connectivity index (χ1n) is 6.96. The Morgan fingerprint density at radius 2 is 2.10 bits per heavy atom. The molecule has 2 N–H and O–H groups in total. The Morgan fingerprint density at radius 1 is 1.43 bits per heavy atom. The lowest BCUT2D eigenvalue weighted by atomic mass is 9.85. The quantitative estimate of drug-likeness (QED) is 0.780. The molecule has 0 saturated carbocycles.